The van der Waals surface area contributed by atoms with Gasteiger partial charge in [0.25, 0.3) is 5.91 Å². The third kappa shape index (κ3) is 5.19. The van der Waals surface area contributed by atoms with Crippen molar-refractivity contribution in [1.82, 2.24) is 5.32 Å². The topological polar surface area (TPSA) is 56.8 Å². The number of methoxy groups -OCH3 is 1. The number of benzene rings is 2. The van der Waals surface area contributed by atoms with Crippen LogP contribution in [-0.2, 0) is 0 Å². The minimum atomic E-state index is -0.144. The molecule has 0 saturated heterocycles. The standard InChI is InChI=1S/C19H23NO4/c1-14(2)24-16-10-8-15(9-11-16)19(21)20-12-13-23-18-7-5-4-6-17(18)22-3/h4-11,14H,12-13H2,1-3H3,(H,20,21). The van der Waals surface area contributed by atoms with Gasteiger partial charge in [0.2, 0.25) is 0 Å². The fraction of sp³-hybridized carbons (Fsp3) is 0.316. The summed E-state index contributed by atoms with van der Waals surface area (Å²) in [7, 11) is 1.59. The molecule has 0 saturated carbocycles. The molecule has 24 heavy (non-hydrogen) atoms. The predicted octanol–water partition coefficient (Wildman–Crippen LogP) is 3.29. The summed E-state index contributed by atoms with van der Waals surface area (Å²) >= 11 is 0. The molecule has 0 fully saturated rings. The zero-order valence-electron chi connectivity index (χ0n) is 14.2. The number of carbonyl (C=O) groups is 1. The molecule has 0 bridgehead atoms. The molecule has 128 valence electrons. The molecular weight excluding hydrogens is 306 g/mol. The van der Waals surface area contributed by atoms with E-state index >= 15 is 0 Å². The SMILES string of the molecule is COc1ccccc1OCCNC(=O)c1ccc(OC(C)C)cc1. The molecule has 2 aromatic rings. The lowest BCUT2D eigenvalue weighted by atomic mass is 10.2. The average Bonchev–Trinajstić information content (AvgIpc) is 2.59. The quantitative estimate of drug-likeness (QED) is 0.755. The maximum absolute atomic E-state index is 12.1. The molecule has 1 amide bonds. The van der Waals surface area contributed by atoms with Crippen LogP contribution in [0.4, 0.5) is 0 Å². The fourth-order valence-corrected chi connectivity index (χ4v) is 2.12. The zero-order chi connectivity index (χ0) is 17.4. The van der Waals surface area contributed by atoms with E-state index in [1.54, 1.807) is 31.4 Å². The number of para-hydroxylation sites is 2. The summed E-state index contributed by atoms with van der Waals surface area (Å²) < 4.78 is 16.4. The molecule has 0 aliphatic heterocycles. The Labute approximate surface area is 142 Å². The van der Waals surface area contributed by atoms with Crippen molar-refractivity contribution in [3.8, 4) is 17.2 Å². The van der Waals surface area contributed by atoms with Gasteiger partial charge in [-0.3, -0.25) is 4.79 Å². The maximum Gasteiger partial charge on any atom is 0.251 e. The highest BCUT2D eigenvalue weighted by Gasteiger charge is 2.07. The lowest BCUT2D eigenvalue weighted by Gasteiger charge is -2.11. The highest BCUT2D eigenvalue weighted by Crippen LogP contribution is 2.25. The molecule has 0 radical (unpaired) electrons. The molecule has 2 aromatic carbocycles. The van der Waals surface area contributed by atoms with Crippen LogP contribution in [0.15, 0.2) is 48.5 Å². The number of ether oxygens (including phenoxy) is 3. The number of nitrogens with one attached hydrogen (secondary N) is 1. The molecule has 0 aliphatic carbocycles. The van der Waals surface area contributed by atoms with E-state index < -0.39 is 0 Å². The number of rotatable bonds is 8. The fourth-order valence-electron chi connectivity index (χ4n) is 2.12. The van der Waals surface area contributed by atoms with Crippen molar-refractivity contribution in [3.63, 3.8) is 0 Å². The van der Waals surface area contributed by atoms with E-state index in [1.807, 2.05) is 38.1 Å². The van der Waals surface area contributed by atoms with Crippen LogP contribution in [0.25, 0.3) is 0 Å². The Morgan fingerprint density at radius 3 is 2.33 bits per heavy atom. The molecule has 0 unspecified atom stereocenters. The molecule has 1 N–H and O–H groups in total. The largest absolute Gasteiger partial charge is 0.493 e. The Balaban J connectivity index is 1.78. The van der Waals surface area contributed by atoms with E-state index in [4.69, 9.17) is 14.2 Å². The lowest BCUT2D eigenvalue weighted by Crippen LogP contribution is -2.28. The van der Waals surface area contributed by atoms with Gasteiger partial charge >= 0.3 is 0 Å². The van der Waals surface area contributed by atoms with Crippen molar-refractivity contribution in [3.05, 3.63) is 54.1 Å². The molecule has 0 aliphatic rings. The summed E-state index contributed by atoms with van der Waals surface area (Å²) in [6, 6.07) is 14.5. The van der Waals surface area contributed by atoms with Gasteiger partial charge in [0.05, 0.1) is 19.8 Å². The first-order valence-corrected chi connectivity index (χ1v) is 7.91. The molecule has 0 atom stereocenters. The summed E-state index contributed by atoms with van der Waals surface area (Å²) in [5, 5.41) is 2.82. The van der Waals surface area contributed by atoms with Crippen LogP contribution in [-0.4, -0.2) is 32.3 Å². The lowest BCUT2D eigenvalue weighted by molar-refractivity contribution is 0.0947. The van der Waals surface area contributed by atoms with Crippen LogP contribution in [0, 0.1) is 0 Å². The van der Waals surface area contributed by atoms with E-state index in [9.17, 15) is 4.79 Å². The summed E-state index contributed by atoms with van der Waals surface area (Å²) in [6.07, 6.45) is 0.108. The van der Waals surface area contributed by atoms with Gasteiger partial charge in [-0.15, -0.1) is 0 Å². The van der Waals surface area contributed by atoms with Crippen molar-refractivity contribution in [2.75, 3.05) is 20.3 Å². The Hall–Kier alpha value is -2.69. The Morgan fingerprint density at radius 2 is 1.71 bits per heavy atom. The summed E-state index contributed by atoms with van der Waals surface area (Å²) in [5.41, 5.74) is 0.586. The van der Waals surface area contributed by atoms with Crippen LogP contribution in [0.2, 0.25) is 0 Å². The van der Waals surface area contributed by atoms with Crippen molar-refractivity contribution < 1.29 is 19.0 Å². The Kier molecular flexibility index (Phi) is 6.49. The normalized spacial score (nSPS) is 10.3. The summed E-state index contributed by atoms with van der Waals surface area (Å²) in [4.78, 5) is 12.1. The highest BCUT2D eigenvalue weighted by molar-refractivity contribution is 5.94. The van der Waals surface area contributed by atoms with Crippen molar-refractivity contribution in [1.29, 1.82) is 0 Å². The third-order valence-electron chi connectivity index (χ3n) is 3.20. The van der Waals surface area contributed by atoms with Crippen LogP contribution < -0.4 is 19.5 Å². The van der Waals surface area contributed by atoms with Crippen molar-refractivity contribution >= 4 is 5.91 Å². The van der Waals surface area contributed by atoms with Gasteiger partial charge in [-0.1, -0.05) is 12.1 Å². The van der Waals surface area contributed by atoms with Crippen molar-refractivity contribution in [2.24, 2.45) is 0 Å². The average molecular weight is 329 g/mol. The van der Waals surface area contributed by atoms with E-state index in [-0.39, 0.29) is 12.0 Å². The van der Waals surface area contributed by atoms with E-state index in [1.165, 1.54) is 0 Å². The number of hydrogen-bond donors (Lipinski definition) is 1. The third-order valence-corrected chi connectivity index (χ3v) is 3.20. The Bertz CT molecular complexity index is 653. The second kappa shape index (κ2) is 8.82. The second-order valence-corrected chi connectivity index (χ2v) is 5.45. The monoisotopic (exact) mass is 329 g/mol. The van der Waals surface area contributed by atoms with E-state index in [0.29, 0.717) is 30.2 Å². The number of carbonyl (C=O) groups excluding carboxylic acids is 1. The summed E-state index contributed by atoms with van der Waals surface area (Å²) in [6.45, 7) is 4.69. The van der Waals surface area contributed by atoms with Crippen LogP contribution in [0.1, 0.15) is 24.2 Å². The van der Waals surface area contributed by atoms with Gasteiger partial charge in [0.15, 0.2) is 11.5 Å². The van der Waals surface area contributed by atoms with E-state index in [2.05, 4.69) is 5.32 Å². The van der Waals surface area contributed by atoms with Gasteiger partial charge in [-0.2, -0.15) is 0 Å². The molecule has 0 spiro atoms. The van der Waals surface area contributed by atoms with E-state index in [0.717, 1.165) is 5.75 Å². The van der Waals surface area contributed by atoms with Gasteiger partial charge in [-0.25, -0.2) is 0 Å². The first kappa shape index (κ1) is 17.7. The minimum Gasteiger partial charge on any atom is -0.493 e. The van der Waals surface area contributed by atoms with Crippen LogP contribution in [0.5, 0.6) is 17.2 Å². The van der Waals surface area contributed by atoms with Gasteiger partial charge in [-0.05, 0) is 50.2 Å². The molecule has 5 heteroatoms. The first-order valence-electron chi connectivity index (χ1n) is 7.91. The van der Waals surface area contributed by atoms with Gasteiger partial charge in [0.1, 0.15) is 12.4 Å². The zero-order valence-corrected chi connectivity index (χ0v) is 14.2. The predicted molar refractivity (Wildman–Crippen MR) is 93.0 cm³/mol. The summed E-state index contributed by atoms with van der Waals surface area (Å²) in [5.74, 6) is 1.93. The van der Waals surface area contributed by atoms with Crippen LogP contribution in [0.3, 0.4) is 0 Å². The molecule has 5 nitrogen and oxygen atoms in total. The number of hydrogen-bond acceptors (Lipinski definition) is 4. The van der Waals surface area contributed by atoms with Crippen LogP contribution >= 0.6 is 0 Å². The Morgan fingerprint density at radius 1 is 1.04 bits per heavy atom. The molecule has 0 aromatic heterocycles. The first-order chi connectivity index (χ1) is 11.6. The molecule has 2 rings (SSSR count). The highest BCUT2D eigenvalue weighted by atomic mass is 16.5. The molecule has 0 heterocycles. The second-order valence-electron chi connectivity index (χ2n) is 5.45. The molecular formula is C19H23NO4. The minimum absolute atomic E-state index is 0.108. The maximum atomic E-state index is 12.1. The smallest absolute Gasteiger partial charge is 0.251 e. The van der Waals surface area contributed by atoms with Gasteiger partial charge in [0, 0.05) is 5.56 Å². The number of amides is 1. The van der Waals surface area contributed by atoms with Crippen molar-refractivity contribution in [2.45, 2.75) is 20.0 Å². The van der Waals surface area contributed by atoms with Gasteiger partial charge < -0.3 is 19.5 Å².